The van der Waals surface area contributed by atoms with E-state index in [0.717, 1.165) is 23.7 Å². The summed E-state index contributed by atoms with van der Waals surface area (Å²) in [5, 5.41) is 3.38. The number of hydrogen-bond acceptors (Lipinski definition) is 3. The molecule has 3 heteroatoms. The van der Waals surface area contributed by atoms with Gasteiger partial charge in [-0.25, -0.2) is 0 Å². The number of methoxy groups -OCH3 is 1. The Morgan fingerprint density at radius 2 is 2.00 bits per heavy atom. The molecule has 18 heavy (non-hydrogen) atoms. The van der Waals surface area contributed by atoms with Gasteiger partial charge in [0.15, 0.2) is 0 Å². The summed E-state index contributed by atoms with van der Waals surface area (Å²) in [6.45, 7) is 0.768. The van der Waals surface area contributed by atoms with Gasteiger partial charge in [0.25, 0.3) is 0 Å². The number of hydrogen-bond donors (Lipinski definition) is 1. The van der Waals surface area contributed by atoms with Crippen LogP contribution in [0.4, 0.5) is 5.69 Å². The third-order valence-corrected chi connectivity index (χ3v) is 3.11. The summed E-state index contributed by atoms with van der Waals surface area (Å²) in [5.41, 5.74) is 2.17. The Morgan fingerprint density at radius 3 is 2.78 bits per heavy atom. The molecule has 0 amide bonds. The zero-order chi connectivity index (χ0) is 12.4. The Kier molecular flexibility index (Phi) is 2.81. The fourth-order valence-corrected chi connectivity index (χ4v) is 2.13. The van der Waals surface area contributed by atoms with Crippen LogP contribution < -0.4 is 14.8 Å². The highest BCUT2D eigenvalue weighted by Crippen LogP contribution is 2.36. The zero-order valence-corrected chi connectivity index (χ0v) is 10.2. The largest absolute Gasteiger partial charge is 0.497 e. The minimum absolute atomic E-state index is 0.0621. The Balaban J connectivity index is 1.85. The van der Waals surface area contributed by atoms with Gasteiger partial charge in [0, 0.05) is 6.07 Å². The molecule has 0 saturated carbocycles. The van der Waals surface area contributed by atoms with Gasteiger partial charge in [-0.2, -0.15) is 0 Å². The van der Waals surface area contributed by atoms with Crippen LogP contribution in [0.15, 0.2) is 48.5 Å². The molecule has 1 aliphatic heterocycles. The maximum Gasteiger partial charge on any atom is 0.143 e. The number of ether oxygens (including phenoxy) is 2. The van der Waals surface area contributed by atoms with E-state index in [0.29, 0.717) is 0 Å². The predicted molar refractivity (Wildman–Crippen MR) is 71.3 cm³/mol. The highest BCUT2D eigenvalue weighted by atomic mass is 16.5. The molecule has 1 N–H and O–H groups in total. The second-order valence-electron chi connectivity index (χ2n) is 4.26. The van der Waals surface area contributed by atoms with Crippen LogP contribution in [0.2, 0.25) is 0 Å². The summed E-state index contributed by atoms with van der Waals surface area (Å²) in [4.78, 5) is 0. The van der Waals surface area contributed by atoms with Crippen molar-refractivity contribution >= 4 is 5.69 Å². The number of rotatable bonds is 2. The van der Waals surface area contributed by atoms with E-state index in [1.807, 2.05) is 36.4 Å². The van der Waals surface area contributed by atoms with E-state index in [2.05, 4.69) is 17.4 Å². The maximum absolute atomic E-state index is 6.00. The summed E-state index contributed by atoms with van der Waals surface area (Å²) in [5.74, 6) is 1.71. The molecule has 0 saturated heterocycles. The van der Waals surface area contributed by atoms with Crippen molar-refractivity contribution in [1.29, 1.82) is 0 Å². The Bertz CT molecular complexity index is 539. The van der Waals surface area contributed by atoms with Crippen molar-refractivity contribution in [3.8, 4) is 11.5 Å². The fourth-order valence-electron chi connectivity index (χ4n) is 2.13. The Labute approximate surface area is 106 Å². The van der Waals surface area contributed by atoms with Crippen LogP contribution >= 0.6 is 0 Å². The monoisotopic (exact) mass is 241 g/mol. The summed E-state index contributed by atoms with van der Waals surface area (Å²) < 4.78 is 11.2. The van der Waals surface area contributed by atoms with Gasteiger partial charge in [0.1, 0.15) is 17.6 Å². The van der Waals surface area contributed by atoms with Crippen LogP contribution in [-0.2, 0) is 0 Å². The van der Waals surface area contributed by atoms with Gasteiger partial charge < -0.3 is 14.8 Å². The topological polar surface area (TPSA) is 30.5 Å². The first-order chi connectivity index (χ1) is 8.86. The highest BCUT2D eigenvalue weighted by Gasteiger charge is 2.20. The summed E-state index contributed by atoms with van der Waals surface area (Å²) >= 11 is 0. The van der Waals surface area contributed by atoms with Gasteiger partial charge in [-0.05, 0) is 17.7 Å². The van der Waals surface area contributed by atoms with Crippen LogP contribution in [-0.4, -0.2) is 13.7 Å². The van der Waals surface area contributed by atoms with Crippen molar-refractivity contribution in [2.24, 2.45) is 0 Å². The van der Waals surface area contributed by atoms with Gasteiger partial charge in [0.2, 0.25) is 0 Å². The summed E-state index contributed by atoms with van der Waals surface area (Å²) in [7, 11) is 1.66. The lowest BCUT2D eigenvalue weighted by atomic mass is 10.1. The Morgan fingerprint density at radius 1 is 1.17 bits per heavy atom. The molecule has 2 aromatic carbocycles. The SMILES string of the molecule is COc1ccc2c(c1)NCC(c1ccccc1)O2. The number of benzene rings is 2. The Hall–Kier alpha value is -2.16. The predicted octanol–water partition coefficient (Wildman–Crippen LogP) is 3.24. The third-order valence-electron chi connectivity index (χ3n) is 3.11. The third kappa shape index (κ3) is 1.99. The van der Waals surface area contributed by atoms with E-state index in [1.54, 1.807) is 7.11 Å². The standard InChI is InChI=1S/C15H15NO2/c1-17-12-7-8-14-13(9-12)16-10-15(18-14)11-5-3-2-4-6-11/h2-9,15-16H,10H2,1H3. The fraction of sp³-hybridized carbons (Fsp3) is 0.200. The van der Waals surface area contributed by atoms with E-state index in [9.17, 15) is 0 Å². The molecular weight excluding hydrogens is 226 g/mol. The second kappa shape index (κ2) is 4.61. The molecule has 1 aliphatic rings. The van der Waals surface area contributed by atoms with Crippen molar-refractivity contribution in [3.63, 3.8) is 0 Å². The molecule has 0 bridgehead atoms. The van der Waals surface area contributed by atoms with E-state index in [4.69, 9.17) is 9.47 Å². The second-order valence-corrected chi connectivity index (χ2v) is 4.26. The van der Waals surface area contributed by atoms with Gasteiger partial charge in [-0.15, -0.1) is 0 Å². The van der Waals surface area contributed by atoms with Crippen molar-refractivity contribution < 1.29 is 9.47 Å². The van der Waals surface area contributed by atoms with Crippen LogP contribution in [0.5, 0.6) is 11.5 Å². The van der Waals surface area contributed by atoms with Crippen molar-refractivity contribution in [2.75, 3.05) is 19.0 Å². The van der Waals surface area contributed by atoms with E-state index in [1.165, 1.54) is 5.56 Å². The lowest BCUT2D eigenvalue weighted by Gasteiger charge is -2.27. The first-order valence-electron chi connectivity index (χ1n) is 6.00. The zero-order valence-electron chi connectivity index (χ0n) is 10.2. The highest BCUT2D eigenvalue weighted by molar-refractivity contribution is 5.61. The maximum atomic E-state index is 6.00. The molecule has 0 aromatic heterocycles. The van der Waals surface area contributed by atoms with E-state index < -0.39 is 0 Å². The smallest absolute Gasteiger partial charge is 0.143 e. The first-order valence-corrected chi connectivity index (χ1v) is 6.00. The van der Waals surface area contributed by atoms with Crippen molar-refractivity contribution in [1.82, 2.24) is 0 Å². The lowest BCUT2D eigenvalue weighted by Crippen LogP contribution is -2.23. The molecule has 0 fully saturated rings. The van der Waals surface area contributed by atoms with Crippen LogP contribution in [0.25, 0.3) is 0 Å². The van der Waals surface area contributed by atoms with E-state index in [-0.39, 0.29) is 6.10 Å². The van der Waals surface area contributed by atoms with Crippen LogP contribution in [0, 0.1) is 0 Å². The lowest BCUT2D eigenvalue weighted by molar-refractivity contribution is 0.210. The minimum atomic E-state index is 0.0621. The molecule has 2 aromatic rings. The molecule has 92 valence electrons. The normalized spacial score (nSPS) is 17.3. The van der Waals surface area contributed by atoms with Crippen molar-refractivity contribution in [2.45, 2.75) is 6.10 Å². The van der Waals surface area contributed by atoms with E-state index >= 15 is 0 Å². The van der Waals surface area contributed by atoms with Crippen molar-refractivity contribution in [3.05, 3.63) is 54.1 Å². The number of anilines is 1. The first kappa shape index (κ1) is 11.0. The summed E-state index contributed by atoms with van der Waals surface area (Å²) in [6.07, 6.45) is 0.0621. The quantitative estimate of drug-likeness (QED) is 0.875. The molecule has 1 atom stereocenters. The number of nitrogens with one attached hydrogen (secondary N) is 1. The van der Waals surface area contributed by atoms with Gasteiger partial charge in [-0.1, -0.05) is 30.3 Å². The van der Waals surface area contributed by atoms with Crippen LogP contribution in [0.3, 0.4) is 0 Å². The summed E-state index contributed by atoms with van der Waals surface area (Å²) in [6, 6.07) is 16.0. The molecule has 3 rings (SSSR count). The average molecular weight is 241 g/mol. The molecule has 0 radical (unpaired) electrons. The molecule has 3 nitrogen and oxygen atoms in total. The molecule has 1 unspecified atom stereocenters. The number of fused-ring (bicyclic) bond motifs is 1. The van der Waals surface area contributed by atoms with Gasteiger partial charge in [-0.3, -0.25) is 0 Å². The van der Waals surface area contributed by atoms with Crippen LogP contribution in [0.1, 0.15) is 11.7 Å². The molecule has 1 heterocycles. The molecular formula is C15H15NO2. The molecule has 0 aliphatic carbocycles. The molecule has 0 spiro atoms. The average Bonchev–Trinajstić information content (AvgIpc) is 2.47. The van der Waals surface area contributed by atoms with Gasteiger partial charge >= 0.3 is 0 Å². The van der Waals surface area contributed by atoms with Gasteiger partial charge in [0.05, 0.1) is 19.3 Å². The minimum Gasteiger partial charge on any atom is -0.497 e.